The summed E-state index contributed by atoms with van der Waals surface area (Å²) >= 11 is 1.55. The number of nitrogens with one attached hydrogen (secondary N) is 2. The van der Waals surface area contributed by atoms with Crippen LogP contribution in [0.1, 0.15) is 82.0 Å². The molecule has 63 heavy (non-hydrogen) atoms. The summed E-state index contributed by atoms with van der Waals surface area (Å²) < 4.78 is 52.3. The summed E-state index contributed by atoms with van der Waals surface area (Å²) in [5, 5.41) is 25.5. The van der Waals surface area contributed by atoms with Gasteiger partial charge in [-0.25, -0.2) is 4.98 Å². The second kappa shape index (κ2) is 18.4. The van der Waals surface area contributed by atoms with Gasteiger partial charge in [-0.2, -0.15) is 18.4 Å². The van der Waals surface area contributed by atoms with Gasteiger partial charge in [0.2, 0.25) is 11.8 Å². The largest absolute Gasteiger partial charge is 0.484 e. The van der Waals surface area contributed by atoms with Crippen LogP contribution in [0, 0.1) is 29.1 Å². The van der Waals surface area contributed by atoms with Crippen molar-refractivity contribution in [3.8, 4) is 28.0 Å². The van der Waals surface area contributed by atoms with E-state index in [0.717, 1.165) is 33.8 Å². The number of aryl methyl sites for hydroxylation is 1. The van der Waals surface area contributed by atoms with E-state index in [1.165, 1.54) is 17.0 Å². The van der Waals surface area contributed by atoms with Gasteiger partial charge in [0.05, 0.1) is 45.4 Å². The van der Waals surface area contributed by atoms with Gasteiger partial charge in [0, 0.05) is 31.5 Å². The minimum Gasteiger partial charge on any atom is -0.484 e. The fourth-order valence-corrected chi connectivity index (χ4v) is 8.65. The third kappa shape index (κ3) is 10.8. The molecular weight excluding hydrogens is 838 g/mol. The van der Waals surface area contributed by atoms with E-state index in [4.69, 9.17) is 14.7 Å². The number of carbonyl (C=O) groups is 4. The average molecular weight is 889 g/mol. The zero-order valence-corrected chi connectivity index (χ0v) is 36.9. The van der Waals surface area contributed by atoms with Crippen molar-refractivity contribution in [1.29, 1.82) is 5.26 Å². The number of thiazole rings is 1. The van der Waals surface area contributed by atoms with Crippen molar-refractivity contribution in [3.05, 3.63) is 100 Å². The van der Waals surface area contributed by atoms with Crippen molar-refractivity contribution >= 4 is 35.0 Å². The summed E-state index contributed by atoms with van der Waals surface area (Å²) in [6.45, 7) is 12.6. The third-order valence-corrected chi connectivity index (χ3v) is 12.2. The number of hydrogen-bond acceptors (Lipinski definition) is 10. The monoisotopic (exact) mass is 888 g/mol. The van der Waals surface area contributed by atoms with Crippen LogP contribution in [-0.2, 0) is 31.9 Å². The lowest BCUT2D eigenvalue weighted by Crippen LogP contribution is -2.58. The van der Waals surface area contributed by atoms with Crippen molar-refractivity contribution < 1.29 is 46.9 Å². The number of benzene rings is 3. The number of rotatable bonds is 13. The van der Waals surface area contributed by atoms with Crippen LogP contribution in [0.4, 0.5) is 13.2 Å². The highest BCUT2D eigenvalue weighted by atomic mass is 32.1. The van der Waals surface area contributed by atoms with Gasteiger partial charge in [0.1, 0.15) is 23.6 Å². The Bertz CT molecular complexity index is 2370. The van der Waals surface area contributed by atoms with E-state index in [1.54, 1.807) is 80.6 Å². The van der Waals surface area contributed by atoms with Gasteiger partial charge in [0.25, 0.3) is 11.8 Å². The number of amides is 4. The number of ether oxygens (including phenoxy) is 2. The standard InChI is InChI=1S/C46H51F3N6O7S/c1-26(29-10-12-30(13-11-29)38-27(2)51-25-63-38)52-41(58)36-18-32(56)22-55(36)42(59)39(44(3,4)5)53-37(57)23-61-33-15-8-28(9-16-33)21-54-24-45(6,7)40(43(54)60)62-34-17-14-31(20-50)35(19-34)46(47,48)49/h8-17,19,25-26,32,36,39-40,56H,18,21-24H2,1-7H3,(H,52,58)(H,53,57)/t26-,32+,36-,39+,40-/m0/s1. The lowest BCUT2D eigenvalue weighted by molar-refractivity contribution is -0.144. The molecule has 2 fully saturated rings. The van der Waals surface area contributed by atoms with Crippen LogP contribution < -0.4 is 20.1 Å². The van der Waals surface area contributed by atoms with Gasteiger partial charge in [-0.1, -0.05) is 71.0 Å². The molecule has 5 atom stereocenters. The maximum absolute atomic E-state index is 14.1. The van der Waals surface area contributed by atoms with E-state index in [9.17, 15) is 37.5 Å². The summed E-state index contributed by atoms with van der Waals surface area (Å²) in [6, 6.07) is 16.6. The number of β-amino-alcohol motifs (C(OH)–C–C–N with tert-alkyl or cyclic N) is 1. The van der Waals surface area contributed by atoms with Gasteiger partial charge in [0.15, 0.2) is 12.7 Å². The third-order valence-electron chi connectivity index (χ3n) is 11.2. The first kappa shape index (κ1) is 46.5. The minimum atomic E-state index is -4.78. The molecule has 0 bridgehead atoms. The second-order valence-electron chi connectivity index (χ2n) is 17.8. The van der Waals surface area contributed by atoms with Gasteiger partial charge < -0.3 is 35.0 Å². The molecule has 17 heteroatoms. The average Bonchev–Trinajstić information content (AvgIpc) is 3.90. The Morgan fingerprint density at radius 1 is 1.03 bits per heavy atom. The quantitative estimate of drug-likeness (QED) is 0.134. The van der Waals surface area contributed by atoms with E-state index in [0.29, 0.717) is 11.3 Å². The number of nitriles is 1. The van der Waals surface area contributed by atoms with Crippen LogP contribution in [0.5, 0.6) is 11.5 Å². The molecule has 4 aromatic rings. The van der Waals surface area contributed by atoms with Crippen molar-refractivity contribution in [2.45, 2.75) is 97.9 Å². The van der Waals surface area contributed by atoms with Crippen molar-refractivity contribution in [2.24, 2.45) is 10.8 Å². The number of aliphatic hydroxyl groups excluding tert-OH is 1. The van der Waals surface area contributed by atoms with Gasteiger partial charge in [-0.05, 0) is 66.3 Å². The number of aromatic nitrogens is 1. The Hall–Kier alpha value is -5.99. The number of hydrogen-bond donors (Lipinski definition) is 3. The number of carbonyl (C=O) groups excluding carboxylic acids is 4. The van der Waals surface area contributed by atoms with Crippen LogP contribution >= 0.6 is 11.3 Å². The smallest absolute Gasteiger partial charge is 0.417 e. The van der Waals surface area contributed by atoms with E-state index >= 15 is 0 Å². The Balaban J connectivity index is 1.03. The molecule has 4 amide bonds. The highest BCUT2D eigenvalue weighted by Crippen LogP contribution is 2.38. The Morgan fingerprint density at radius 2 is 1.70 bits per heavy atom. The molecule has 2 saturated heterocycles. The van der Waals surface area contributed by atoms with E-state index in [-0.39, 0.29) is 31.8 Å². The van der Waals surface area contributed by atoms with E-state index < -0.39 is 88.7 Å². The normalized spacial score (nSPS) is 19.6. The number of alkyl halides is 3. The van der Waals surface area contributed by atoms with Crippen LogP contribution in [0.15, 0.2) is 72.2 Å². The molecule has 1 aromatic heterocycles. The molecule has 0 saturated carbocycles. The highest BCUT2D eigenvalue weighted by molar-refractivity contribution is 7.13. The van der Waals surface area contributed by atoms with Crippen molar-refractivity contribution in [3.63, 3.8) is 0 Å². The lowest BCUT2D eigenvalue weighted by Gasteiger charge is -2.35. The Morgan fingerprint density at radius 3 is 2.30 bits per heavy atom. The number of nitrogens with zero attached hydrogens (tertiary/aromatic N) is 4. The molecule has 2 aliphatic heterocycles. The minimum absolute atomic E-state index is 0.0422. The van der Waals surface area contributed by atoms with Crippen molar-refractivity contribution in [1.82, 2.24) is 25.4 Å². The SMILES string of the molecule is Cc1ncsc1-c1ccc([C@H](C)NC(=O)[C@@H]2C[C@@H](O)CN2C(=O)[C@@H](NC(=O)COc2ccc(CN3CC(C)(C)[C@@H](Oc4ccc(C#N)c(C(F)(F)F)c4)C3=O)cc2)C(C)(C)C)cc1. The van der Waals surface area contributed by atoms with E-state index in [1.807, 2.05) is 38.1 Å². The molecule has 0 spiro atoms. The molecule has 0 radical (unpaired) electrons. The fraction of sp³-hybridized carbons (Fsp3) is 0.435. The first-order valence-corrected chi connectivity index (χ1v) is 21.3. The molecule has 13 nitrogen and oxygen atoms in total. The molecule has 3 N–H and O–H groups in total. The molecule has 334 valence electrons. The summed E-state index contributed by atoms with van der Waals surface area (Å²) in [5.41, 5.74) is 2.10. The van der Waals surface area contributed by atoms with Gasteiger partial charge in [-0.15, -0.1) is 11.3 Å². The van der Waals surface area contributed by atoms with Crippen LogP contribution in [0.2, 0.25) is 0 Å². The predicted octanol–water partition coefficient (Wildman–Crippen LogP) is 6.57. The Kier molecular flexibility index (Phi) is 13.6. The molecule has 2 aliphatic rings. The summed E-state index contributed by atoms with van der Waals surface area (Å²) in [6.07, 6.45) is -6.74. The number of halogens is 3. The zero-order valence-electron chi connectivity index (χ0n) is 36.1. The molecule has 3 aromatic carbocycles. The molecule has 6 rings (SSSR count). The summed E-state index contributed by atoms with van der Waals surface area (Å²) in [4.78, 5) is 62.8. The molecule has 3 heterocycles. The van der Waals surface area contributed by atoms with Gasteiger partial charge >= 0.3 is 6.18 Å². The van der Waals surface area contributed by atoms with Gasteiger partial charge in [-0.3, -0.25) is 19.2 Å². The molecule has 0 unspecified atom stereocenters. The maximum Gasteiger partial charge on any atom is 0.417 e. The maximum atomic E-state index is 14.1. The van der Waals surface area contributed by atoms with Crippen LogP contribution in [-0.4, -0.2) is 87.5 Å². The highest BCUT2D eigenvalue weighted by Gasteiger charge is 2.49. The van der Waals surface area contributed by atoms with Crippen LogP contribution in [0.3, 0.4) is 0 Å². The molecule has 0 aliphatic carbocycles. The predicted molar refractivity (Wildman–Crippen MR) is 228 cm³/mol. The lowest BCUT2D eigenvalue weighted by atomic mass is 9.85. The number of aliphatic hydroxyl groups is 1. The summed E-state index contributed by atoms with van der Waals surface area (Å²) in [5.74, 6) is -1.76. The van der Waals surface area contributed by atoms with Crippen molar-refractivity contribution in [2.75, 3.05) is 19.7 Å². The van der Waals surface area contributed by atoms with E-state index in [2.05, 4.69) is 15.6 Å². The summed E-state index contributed by atoms with van der Waals surface area (Å²) in [7, 11) is 0. The second-order valence-corrected chi connectivity index (χ2v) is 18.7. The fourth-order valence-electron chi connectivity index (χ4n) is 7.84. The number of likely N-dealkylation sites (tertiary alicyclic amines) is 2. The first-order chi connectivity index (χ1) is 29.5. The topological polar surface area (TPSA) is 174 Å². The zero-order chi connectivity index (χ0) is 46.0. The Labute approximate surface area is 368 Å². The van der Waals surface area contributed by atoms with Crippen LogP contribution in [0.25, 0.3) is 10.4 Å². The first-order valence-electron chi connectivity index (χ1n) is 20.4. The molecular formula is C46H51F3N6O7S.